The number of benzene rings is 1. The summed E-state index contributed by atoms with van der Waals surface area (Å²) in [6.45, 7) is 3.82. The smallest absolute Gasteiger partial charge is 0.279 e. The maximum Gasteiger partial charge on any atom is 0.279 e. The van der Waals surface area contributed by atoms with Crippen molar-refractivity contribution in [3.8, 4) is 0 Å². The summed E-state index contributed by atoms with van der Waals surface area (Å²) >= 11 is 3.37. The van der Waals surface area contributed by atoms with Gasteiger partial charge >= 0.3 is 0 Å². The molecular weight excluding hydrogens is 310 g/mol. The number of anilines is 1. The molecule has 0 saturated heterocycles. The van der Waals surface area contributed by atoms with Gasteiger partial charge in [0, 0.05) is 10.2 Å². The van der Waals surface area contributed by atoms with Gasteiger partial charge in [-0.2, -0.15) is 0 Å². The number of rotatable bonds is 5. The van der Waals surface area contributed by atoms with Crippen molar-refractivity contribution >= 4 is 33.4 Å². The molecule has 5 nitrogen and oxygen atoms in total. The molecule has 1 aromatic rings. The molecule has 0 radical (unpaired) electrons. The molecule has 0 bridgehead atoms. The van der Waals surface area contributed by atoms with Crippen LogP contribution in [0.15, 0.2) is 22.7 Å². The minimum atomic E-state index is -0.412. The van der Waals surface area contributed by atoms with Crippen molar-refractivity contribution in [3.05, 3.63) is 28.2 Å². The van der Waals surface area contributed by atoms with Crippen LogP contribution >= 0.6 is 15.9 Å². The molecule has 0 aliphatic rings. The number of nitrogens with two attached hydrogens (primary N) is 1. The van der Waals surface area contributed by atoms with E-state index in [1.807, 2.05) is 25.1 Å². The summed E-state index contributed by atoms with van der Waals surface area (Å²) in [5.74, 6) is -0.554. The van der Waals surface area contributed by atoms with E-state index in [9.17, 15) is 9.59 Å². The summed E-state index contributed by atoms with van der Waals surface area (Å²) in [5.41, 5.74) is 6.96. The Balaban J connectivity index is 2.63. The van der Waals surface area contributed by atoms with Gasteiger partial charge in [0.1, 0.15) is 0 Å². The number of carbonyl (C=O) groups excluding carboxylic acids is 2. The SMILES string of the molecule is Cc1cc(Br)ccc1NC(=O)C[NH+](C)[C@@H](C)C(N)=O. The number of likely N-dealkylation sites (N-methyl/N-ethyl adjacent to an activating group) is 1. The highest BCUT2D eigenvalue weighted by Gasteiger charge is 2.21. The van der Waals surface area contributed by atoms with Crippen molar-refractivity contribution in [3.63, 3.8) is 0 Å². The zero-order chi connectivity index (χ0) is 14.6. The molecule has 0 aliphatic heterocycles. The summed E-state index contributed by atoms with van der Waals surface area (Å²) in [4.78, 5) is 23.7. The third kappa shape index (κ3) is 4.65. The van der Waals surface area contributed by atoms with E-state index in [0.29, 0.717) is 0 Å². The van der Waals surface area contributed by atoms with Crippen LogP contribution in [0, 0.1) is 6.92 Å². The number of amides is 2. The van der Waals surface area contributed by atoms with Crippen molar-refractivity contribution in [1.29, 1.82) is 0 Å². The number of carbonyl (C=O) groups is 2. The molecule has 4 N–H and O–H groups in total. The summed E-state index contributed by atoms with van der Waals surface area (Å²) in [6, 6.07) is 5.24. The number of aryl methyl sites for hydroxylation is 1. The maximum absolute atomic E-state index is 11.9. The second-order valence-corrected chi connectivity index (χ2v) is 5.57. The van der Waals surface area contributed by atoms with Crippen molar-refractivity contribution in [1.82, 2.24) is 0 Å². The Morgan fingerprint density at radius 2 is 2.11 bits per heavy atom. The van der Waals surface area contributed by atoms with Crippen LogP contribution in [-0.4, -0.2) is 31.4 Å². The number of halogens is 1. The first kappa shape index (κ1) is 15.7. The highest BCUT2D eigenvalue weighted by atomic mass is 79.9. The van der Waals surface area contributed by atoms with Crippen molar-refractivity contribution in [2.24, 2.45) is 5.73 Å². The standard InChI is InChI=1S/C13H18BrN3O2/c1-8-6-10(14)4-5-11(8)16-12(18)7-17(3)9(2)13(15)19/h4-6,9H,7H2,1-3H3,(H2,15,19)(H,16,18)/p+1/t9-/m0/s1. The summed E-state index contributed by atoms with van der Waals surface area (Å²) < 4.78 is 0.966. The van der Waals surface area contributed by atoms with Crippen LogP contribution < -0.4 is 16.0 Å². The Morgan fingerprint density at radius 3 is 2.63 bits per heavy atom. The van der Waals surface area contributed by atoms with Gasteiger partial charge in [0.05, 0.1) is 7.05 Å². The van der Waals surface area contributed by atoms with E-state index in [1.165, 1.54) is 0 Å². The lowest BCUT2D eigenvalue weighted by Gasteiger charge is -2.18. The van der Waals surface area contributed by atoms with Crippen LogP contribution in [-0.2, 0) is 9.59 Å². The molecule has 0 fully saturated rings. The van der Waals surface area contributed by atoms with E-state index in [2.05, 4.69) is 21.2 Å². The number of primary amides is 1. The number of hydrogen-bond donors (Lipinski definition) is 3. The topological polar surface area (TPSA) is 76.6 Å². The Labute approximate surface area is 121 Å². The molecular formula is C13H19BrN3O2+. The van der Waals surface area contributed by atoms with Crippen LogP contribution in [0.3, 0.4) is 0 Å². The highest BCUT2D eigenvalue weighted by molar-refractivity contribution is 9.10. The van der Waals surface area contributed by atoms with Crippen LogP contribution in [0.2, 0.25) is 0 Å². The fourth-order valence-electron chi connectivity index (χ4n) is 1.61. The van der Waals surface area contributed by atoms with Gasteiger partial charge < -0.3 is 16.0 Å². The van der Waals surface area contributed by atoms with E-state index in [-0.39, 0.29) is 12.5 Å². The molecule has 2 amide bonds. The van der Waals surface area contributed by atoms with Gasteiger partial charge in [-0.05, 0) is 37.6 Å². The molecule has 0 saturated carbocycles. The summed E-state index contributed by atoms with van der Waals surface area (Å²) in [5, 5.41) is 2.83. The van der Waals surface area contributed by atoms with Crippen molar-refractivity contribution in [2.45, 2.75) is 19.9 Å². The second kappa shape index (κ2) is 6.68. The quantitative estimate of drug-likeness (QED) is 0.716. The Kier molecular flexibility index (Phi) is 5.50. The van der Waals surface area contributed by atoms with Crippen LogP contribution in [0.25, 0.3) is 0 Å². The fourth-order valence-corrected chi connectivity index (χ4v) is 2.09. The third-order valence-corrected chi connectivity index (χ3v) is 3.56. The van der Waals surface area contributed by atoms with Gasteiger partial charge in [0.15, 0.2) is 12.6 Å². The lowest BCUT2D eigenvalue weighted by Crippen LogP contribution is -3.15. The highest BCUT2D eigenvalue weighted by Crippen LogP contribution is 2.19. The molecule has 0 aromatic heterocycles. The van der Waals surface area contributed by atoms with E-state index < -0.39 is 11.9 Å². The van der Waals surface area contributed by atoms with Crippen LogP contribution in [0.1, 0.15) is 12.5 Å². The molecule has 19 heavy (non-hydrogen) atoms. The zero-order valence-corrected chi connectivity index (χ0v) is 12.9. The number of quaternary nitrogens is 1. The normalized spacial score (nSPS) is 13.7. The first-order valence-corrected chi connectivity index (χ1v) is 6.78. The lowest BCUT2D eigenvalue weighted by atomic mass is 10.2. The van der Waals surface area contributed by atoms with Gasteiger partial charge in [0.2, 0.25) is 0 Å². The Hall–Kier alpha value is -1.40. The molecule has 0 spiro atoms. The molecule has 104 valence electrons. The maximum atomic E-state index is 11.9. The predicted molar refractivity (Wildman–Crippen MR) is 77.9 cm³/mol. The minimum absolute atomic E-state index is 0.143. The molecule has 0 heterocycles. The lowest BCUT2D eigenvalue weighted by molar-refractivity contribution is -0.885. The van der Waals surface area contributed by atoms with Crippen LogP contribution in [0.4, 0.5) is 5.69 Å². The van der Waals surface area contributed by atoms with Gasteiger partial charge in [0.25, 0.3) is 11.8 Å². The first-order chi connectivity index (χ1) is 8.81. The molecule has 2 atom stereocenters. The average molecular weight is 329 g/mol. The molecule has 1 rings (SSSR count). The summed E-state index contributed by atoms with van der Waals surface area (Å²) in [6.07, 6.45) is 0. The summed E-state index contributed by atoms with van der Waals surface area (Å²) in [7, 11) is 1.77. The minimum Gasteiger partial charge on any atom is -0.365 e. The van der Waals surface area contributed by atoms with Gasteiger partial charge in [-0.25, -0.2) is 0 Å². The number of hydrogen-bond acceptors (Lipinski definition) is 2. The molecule has 6 heteroatoms. The second-order valence-electron chi connectivity index (χ2n) is 4.65. The molecule has 0 aliphatic carbocycles. The van der Waals surface area contributed by atoms with E-state index in [4.69, 9.17) is 5.73 Å². The molecule has 1 aromatic carbocycles. The van der Waals surface area contributed by atoms with Gasteiger partial charge in [-0.15, -0.1) is 0 Å². The Morgan fingerprint density at radius 1 is 1.47 bits per heavy atom. The zero-order valence-electron chi connectivity index (χ0n) is 11.3. The third-order valence-electron chi connectivity index (χ3n) is 3.07. The average Bonchev–Trinajstić information content (AvgIpc) is 2.31. The van der Waals surface area contributed by atoms with Crippen molar-refractivity contribution in [2.75, 3.05) is 18.9 Å². The number of nitrogens with one attached hydrogen (secondary N) is 2. The van der Waals surface area contributed by atoms with Crippen molar-refractivity contribution < 1.29 is 14.5 Å². The van der Waals surface area contributed by atoms with E-state index in [0.717, 1.165) is 20.6 Å². The monoisotopic (exact) mass is 328 g/mol. The first-order valence-electron chi connectivity index (χ1n) is 5.99. The molecule has 1 unspecified atom stereocenters. The fraction of sp³-hybridized carbons (Fsp3) is 0.385. The van der Waals surface area contributed by atoms with Gasteiger partial charge in [-0.3, -0.25) is 9.59 Å². The van der Waals surface area contributed by atoms with Crippen LogP contribution in [0.5, 0.6) is 0 Å². The predicted octanol–water partition coefficient (Wildman–Crippen LogP) is 0.0845. The Bertz CT molecular complexity index is 491. The van der Waals surface area contributed by atoms with E-state index >= 15 is 0 Å². The van der Waals surface area contributed by atoms with Gasteiger partial charge in [-0.1, -0.05) is 15.9 Å². The van der Waals surface area contributed by atoms with E-state index in [1.54, 1.807) is 14.0 Å². The largest absolute Gasteiger partial charge is 0.365 e.